The van der Waals surface area contributed by atoms with Crippen molar-refractivity contribution < 1.29 is 8.78 Å². The quantitative estimate of drug-likeness (QED) is 0.928. The van der Waals surface area contributed by atoms with Crippen molar-refractivity contribution in [3.63, 3.8) is 0 Å². The molecule has 2 nitrogen and oxygen atoms in total. The molecule has 1 unspecified atom stereocenters. The Bertz CT molecular complexity index is 543. The van der Waals surface area contributed by atoms with Crippen molar-refractivity contribution in [1.29, 1.82) is 0 Å². The zero-order chi connectivity index (χ0) is 13.1. The second-order valence-corrected chi connectivity index (χ2v) is 4.35. The summed E-state index contributed by atoms with van der Waals surface area (Å²) in [5.74, 6) is -0.803. The van der Waals surface area contributed by atoms with E-state index in [2.05, 4.69) is 4.98 Å². The molecule has 1 aromatic carbocycles. The van der Waals surface area contributed by atoms with Gasteiger partial charge in [0.15, 0.2) is 0 Å². The Labute approximate surface area is 108 Å². The molecule has 0 saturated carbocycles. The summed E-state index contributed by atoms with van der Waals surface area (Å²) in [5.41, 5.74) is 7.25. The van der Waals surface area contributed by atoms with E-state index in [-0.39, 0.29) is 0 Å². The molecule has 94 valence electrons. The highest BCUT2D eigenvalue weighted by Gasteiger charge is 2.11. The number of hydrogen-bond acceptors (Lipinski definition) is 2. The second kappa shape index (κ2) is 5.42. The van der Waals surface area contributed by atoms with Crippen molar-refractivity contribution in [3.05, 3.63) is 64.4 Å². The molecule has 0 aliphatic rings. The molecule has 2 N–H and O–H groups in total. The molecule has 18 heavy (non-hydrogen) atoms. The molecule has 0 bridgehead atoms. The molecule has 0 amide bonds. The minimum Gasteiger partial charge on any atom is -0.322 e. The van der Waals surface area contributed by atoms with Crippen molar-refractivity contribution in [3.8, 4) is 0 Å². The standard InChI is InChI=1S/C13H11ClF2N2/c14-11-6-9(15)2-1-8(11)5-12(17)13-4-3-10(16)7-18-13/h1-4,6-7,12H,5,17H2. The van der Waals surface area contributed by atoms with Gasteiger partial charge in [0.25, 0.3) is 0 Å². The maximum Gasteiger partial charge on any atom is 0.141 e. The monoisotopic (exact) mass is 268 g/mol. The van der Waals surface area contributed by atoms with Crippen molar-refractivity contribution in [1.82, 2.24) is 4.98 Å². The van der Waals surface area contributed by atoms with Crippen LogP contribution in [0.4, 0.5) is 8.78 Å². The largest absolute Gasteiger partial charge is 0.322 e. The first-order valence-corrected chi connectivity index (χ1v) is 5.75. The van der Waals surface area contributed by atoms with Gasteiger partial charge in [-0.05, 0) is 36.2 Å². The van der Waals surface area contributed by atoms with Crippen LogP contribution in [0.2, 0.25) is 5.02 Å². The molecule has 2 aromatic rings. The van der Waals surface area contributed by atoms with Crippen LogP contribution in [0.1, 0.15) is 17.3 Å². The summed E-state index contributed by atoms with van der Waals surface area (Å²) < 4.78 is 25.6. The molecule has 1 atom stereocenters. The smallest absolute Gasteiger partial charge is 0.141 e. The van der Waals surface area contributed by atoms with Gasteiger partial charge in [-0.25, -0.2) is 8.78 Å². The molecule has 0 radical (unpaired) electrons. The Morgan fingerprint density at radius 3 is 2.50 bits per heavy atom. The molecule has 5 heteroatoms. The molecular weight excluding hydrogens is 258 g/mol. The maximum absolute atomic E-state index is 12.9. The van der Waals surface area contributed by atoms with Gasteiger partial charge in [-0.15, -0.1) is 0 Å². The minimum atomic E-state index is -0.411. The van der Waals surface area contributed by atoms with Gasteiger partial charge in [0.05, 0.1) is 17.9 Å². The predicted octanol–water partition coefficient (Wildman–Crippen LogP) is 3.26. The van der Waals surface area contributed by atoms with E-state index in [9.17, 15) is 8.78 Å². The fourth-order valence-corrected chi connectivity index (χ4v) is 1.88. The first kappa shape index (κ1) is 12.9. The highest BCUT2D eigenvalue weighted by molar-refractivity contribution is 6.31. The van der Waals surface area contributed by atoms with E-state index in [1.54, 1.807) is 6.07 Å². The molecule has 2 rings (SSSR count). The summed E-state index contributed by atoms with van der Waals surface area (Å²) in [6.07, 6.45) is 1.53. The van der Waals surface area contributed by atoms with Crippen molar-refractivity contribution >= 4 is 11.6 Å². The number of nitrogens with two attached hydrogens (primary N) is 1. The van der Waals surface area contributed by atoms with Crippen LogP contribution < -0.4 is 5.73 Å². The average molecular weight is 269 g/mol. The Kier molecular flexibility index (Phi) is 3.89. The van der Waals surface area contributed by atoms with Crippen LogP contribution in [-0.2, 0) is 6.42 Å². The van der Waals surface area contributed by atoms with Gasteiger partial charge in [-0.1, -0.05) is 17.7 Å². The summed E-state index contributed by atoms with van der Waals surface area (Å²) in [6, 6.07) is 6.56. The van der Waals surface area contributed by atoms with Crippen LogP contribution in [0.3, 0.4) is 0 Å². The molecule has 1 aromatic heterocycles. The number of rotatable bonds is 3. The minimum absolute atomic E-state index is 0.326. The highest BCUT2D eigenvalue weighted by Crippen LogP contribution is 2.22. The Balaban J connectivity index is 2.15. The van der Waals surface area contributed by atoms with E-state index in [0.29, 0.717) is 17.1 Å². The Morgan fingerprint density at radius 1 is 1.17 bits per heavy atom. The third-order valence-electron chi connectivity index (χ3n) is 2.59. The predicted molar refractivity (Wildman–Crippen MR) is 66.2 cm³/mol. The van der Waals surface area contributed by atoms with E-state index in [1.807, 2.05) is 0 Å². The molecule has 1 heterocycles. The Morgan fingerprint density at radius 2 is 1.89 bits per heavy atom. The summed E-state index contributed by atoms with van der Waals surface area (Å²) in [4.78, 5) is 3.90. The van der Waals surface area contributed by atoms with E-state index >= 15 is 0 Å². The number of pyridine rings is 1. The normalized spacial score (nSPS) is 12.4. The van der Waals surface area contributed by atoms with Gasteiger partial charge >= 0.3 is 0 Å². The lowest BCUT2D eigenvalue weighted by atomic mass is 10.0. The molecule has 0 fully saturated rings. The third kappa shape index (κ3) is 3.03. The van der Waals surface area contributed by atoms with Gasteiger partial charge in [0.2, 0.25) is 0 Å². The lowest BCUT2D eigenvalue weighted by Gasteiger charge is -2.12. The molecule has 0 saturated heterocycles. The van der Waals surface area contributed by atoms with Gasteiger partial charge in [-0.3, -0.25) is 4.98 Å². The van der Waals surface area contributed by atoms with Crippen LogP contribution in [0.5, 0.6) is 0 Å². The summed E-state index contributed by atoms with van der Waals surface area (Å²) in [6.45, 7) is 0. The van der Waals surface area contributed by atoms with Gasteiger partial charge < -0.3 is 5.73 Å². The molecule has 0 aliphatic carbocycles. The molecule has 0 spiro atoms. The summed E-state index contributed by atoms with van der Waals surface area (Å²) in [7, 11) is 0. The van der Waals surface area contributed by atoms with Crippen LogP contribution in [0, 0.1) is 11.6 Å². The average Bonchev–Trinajstić information content (AvgIpc) is 2.33. The van der Waals surface area contributed by atoms with Crippen molar-refractivity contribution in [2.75, 3.05) is 0 Å². The first-order valence-electron chi connectivity index (χ1n) is 5.37. The Hall–Kier alpha value is -1.52. The van der Waals surface area contributed by atoms with E-state index in [0.717, 1.165) is 11.8 Å². The van der Waals surface area contributed by atoms with Gasteiger partial charge in [-0.2, -0.15) is 0 Å². The number of hydrogen-bond donors (Lipinski definition) is 1. The lowest BCUT2D eigenvalue weighted by Crippen LogP contribution is -2.15. The number of aromatic nitrogens is 1. The number of benzene rings is 1. The van der Waals surface area contributed by atoms with Crippen LogP contribution in [0.25, 0.3) is 0 Å². The fraction of sp³-hybridized carbons (Fsp3) is 0.154. The summed E-state index contributed by atoms with van der Waals surface area (Å²) in [5, 5.41) is 0.326. The van der Waals surface area contributed by atoms with Crippen molar-refractivity contribution in [2.24, 2.45) is 5.73 Å². The van der Waals surface area contributed by atoms with Crippen LogP contribution in [0.15, 0.2) is 36.5 Å². The maximum atomic E-state index is 12.9. The second-order valence-electron chi connectivity index (χ2n) is 3.95. The van der Waals surface area contributed by atoms with E-state index in [1.165, 1.54) is 24.3 Å². The van der Waals surface area contributed by atoms with Gasteiger partial charge in [0, 0.05) is 5.02 Å². The SMILES string of the molecule is NC(Cc1ccc(F)cc1Cl)c1ccc(F)cn1. The lowest BCUT2D eigenvalue weighted by molar-refractivity contribution is 0.611. The number of halogens is 3. The zero-order valence-corrected chi connectivity index (χ0v) is 10.2. The van der Waals surface area contributed by atoms with E-state index in [4.69, 9.17) is 17.3 Å². The molecular formula is C13H11ClF2N2. The van der Waals surface area contributed by atoms with Crippen LogP contribution >= 0.6 is 11.6 Å². The van der Waals surface area contributed by atoms with Crippen molar-refractivity contribution in [2.45, 2.75) is 12.5 Å². The van der Waals surface area contributed by atoms with E-state index < -0.39 is 17.7 Å². The molecule has 0 aliphatic heterocycles. The number of nitrogens with zero attached hydrogens (tertiary/aromatic N) is 1. The van der Waals surface area contributed by atoms with Crippen LogP contribution in [-0.4, -0.2) is 4.98 Å². The van der Waals surface area contributed by atoms with Gasteiger partial charge in [0.1, 0.15) is 11.6 Å². The highest BCUT2D eigenvalue weighted by atomic mass is 35.5. The topological polar surface area (TPSA) is 38.9 Å². The summed E-state index contributed by atoms with van der Waals surface area (Å²) >= 11 is 5.91. The zero-order valence-electron chi connectivity index (χ0n) is 9.41. The fourth-order valence-electron chi connectivity index (χ4n) is 1.64. The first-order chi connectivity index (χ1) is 8.56. The third-order valence-corrected chi connectivity index (χ3v) is 2.94.